The van der Waals surface area contributed by atoms with E-state index in [9.17, 15) is 4.79 Å². The molecule has 0 aromatic heterocycles. The smallest absolute Gasteiger partial charge is 0.176 e. The van der Waals surface area contributed by atoms with Gasteiger partial charge in [0.1, 0.15) is 0 Å². The first-order valence-electron chi connectivity index (χ1n) is 6.85. The van der Waals surface area contributed by atoms with Crippen molar-refractivity contribution in [3.63, 3.8) is 0 Å². The highest BCUT2D eigenvalue weighted by Gasteiger charge is 2.27. The maximum absolute atomic E-state index is 12.4. The molecule has 0 radical (unpaired) electrons. The van der Waals surface area contributed by atoms with Crippen molar-refractivity contribution < 1.29 is 9.53 Å². The quantitative estimate of drug-likeness (QED) is 0.794. The third kappa shape index (κ3) is 3.73. The third-order valence-electron chi connectivity index (χ3n) is 3.64. The Morgan fingerprint density at radius 1 is 1.40 bits per heavy atom. The fourth-order valence-electron chi connectivity index (χ4n) is 2.43. The first-order valence-corrected chi connectivity index (χ1v) is 7.60. The second-order valence-corrected chi connectivity index (χ2v) is 6.00. The van der Waals surface area contributed by atoms with E-state index in [4.69, 9.17) is 27.9 Å². The molecule has 20 heavy (non-hydrogen) atoms. The molecule has 1 aliphatic rings. The molecule has 0 N–H and O–H groups in total. The van der Waals surface area contributed by atoms with E-state index in [0.29, 0.717) is 34.8 Å². The number of morpholine rings is 1. The van der Waals surface area contributed by atoms with E-state index in [-0.39, 0.29) is 11.9 Å². The maximum atomic E-state index is 12.4. The minimum Gasteiger partial charge on any atom is -0.376 e. The van der Waals surface area contributed by atoms with Crippen molar-refractivity contribution in [2.75, 3.05) is 19.7 Å². The zero-order chi connectivity index (χ0) is 14.7. The number of hydrogen-bond acceptors (Lipinski definition) is 3. The summed E-state index contributed by atoms with van der Waals surface area (Å²) in [4.78, 5) is 14.6. The second kappa shape index (κ2) is 6.90. The average molecular weight is 316 g/mol. The largest absolute Gasteiger partial charge is 0.376 e. The minimum absolute atomic E-state index is 0.0658. The van der Waals surface area contributed by atoms with E-state index < -0.39 is 0 Å². The van der Waals surface area contributed by atoms with Crippen LogP contribution in [0.3, 0.4) is 0 Å². The Morgan fingerprint density at radius 3 is 2.80 bits per heavy atom. The van der Waals surface area contributed by atoms with Crippen molar-refractivity contribution in [2.45, 2.75) is 32.4 Å². The van der Waals surface area contributed by atoms with Gasteiger partial charge in [-0.25, -0.2) is 0 Å². The van der Waals surface area contributed by atoms with Gasteiger partial charge < -0.3 is 4.74 Å². The van der Waals surface area contributed by atoms with Gasteiger partial charge in [0.15, 0.2) is 5.78 Å². The van der Waals surface area contributed by atoms with Crippen molar-refractivity contribution >= 4 is 29.0 Å². The summed E-state index contributed by atoms with van der Waals surface area (Å²) in [6, 6.07) is 5.33. The number of halogens is 2. The highest BCUT2D eigenvalue weighted by molar-refractivity contribution is 6.42. The molecule has 1 saturated heterocycles. The van der Waals surface area contributed by atoms with Gasteiger partial charge in [-0.05, 0) is 31.5 Å². The molecular weight excluding hydrogens is 297 g/mol. The van der Waals surface area contributed by atoms with Crippen molar-refractivity contribution in [2.24, 2.45) is 0 Å². The average Bonchev–Trinajstić information content (AvgIpc) is 2.42. The van der Waals surface area contributed by atoms with E-state index >= 15 is 0 Å². The van der Waals surface area contributed by atoms with Crippen molar-refractivity contribution in [3.05, 3.63) is 33.8 Å². The number of carbonyl (C=O) groups is 1. The van der Waals surface area contributed by atoms with Gasteiger partial charge in [-0.15, -0.1) is 0 Å². The SMILES string of the molecule is CCC1COC(C)CN1CC(=O)c1ccc(Cl)c(Cl)c1. The highest BCUT2D eigenvalue weighted by Crippen LogP contribution is 2.23. The molecule has 5 heteroatoms. The van der Waals surface area contributed by atoms with Crippen LogP contribution < -0.4 is 0 Å². The number of hydrogen-bond donors (Lipinski definition) is 0. The van der Waals surface area contributed by atoms with Crippen LogP contribution in [0.1, 0.15) is 30.6 Å². The molecular formula is C15H19Cl2NO2. The summed E-state index contributed by atoms with van der Waals surface area (Å²) in [5.41, 5.74) is 0.605. The molecule has 1 fully saturated rings. The lowest BCUT2D eigenvalue weighted by Gasteiger charge is -2.37. The maximum Gasteiger partial charge on any atom is 0.176 e. The van der Waals surface area contributed by atoms with E-state index in [1.54, 1.807) is 18.2 Å². The normalized spacial score (nSPS) is 23.8. The predicted octanol–water partition coefficient (Wildman–Crippen LogP) is 3.68. The monoisotopic (exact) mass is 315 g/mol. The molecule has 0 amide bonds. The van der Waals surface area contributed by atoms with E-state index in [0.717, 1.165) is 13.0 Å². The molecule has 0 aliphatic carbocycles. The summed E-state index contributed by atoms with van der Waals surface area (Å²) in [7, 11) is 0. The Balaban J connectivity index is 2.07. The zero-order valence-corrected chi connectivity index (χ0v) is 13.2. The Bertz CT molecular complexity index is 493. The van der Waals surface area contributed by atoms with Gasteiger partial charge in [0.25, 0.3) is 0 Å². The number of Topliss-reactive ketones (excluding diaryl/α,β-unsaturated/α-hetero) is 1. The second-order valence-electron chi connectivity index (χ2n) is 5.19. The number of ketones is 1. The fourth-order valence-corrected chi connectivity index (χ4v) is 2.73. The molecule has 1 aliphatic heterocycles. The first kappa shape index (κ1) is 15.8. The summed E-state index contributed by atoms with van der Waals surface area (Å²) in [6.07, 6.45) is 1.14. The number of rotatable bonds is 4. The number of benzene rings is 1. The van der Waals surface area contributed by atoms with Crippen molar-refractivity contribution in [3.8, 4) is 0 Å². The van der Waals surface area contributed by atoms with Gasteiger partial charge in [0.05, 0.1) is 29.3 Å². The van der Waals surface area contributed by atoms with Crippen LogP contribution in [0.25, 0.3) is 0 Å². The molecule has 2 rings (SSSR count). The van der Waals surface area contributed by atoms with Gasteiger partial charge in [0, 0.05) is 18.2 Å². The van der Waals surface area contributed by atoms with Gasteiger partial charge >= 0.3 is 0 Å². The van der Waals surface area contributed by atoms with Crippen molar-refractivity contribution in [1.82, 2.24) is 4.90 Å². The lowest BCUT2D eigenvalue weighted by molar-refractivity contribution is -0.0523. The summed E-state index contributed by atoms with van der Waals surface area (Å²) in [5, 5.41) is 0.884. The summed E-state index contributed by atoms with van der Waals surface area (Å²) >= 11 is 11.8. The first-order chi connectivity index (χ1) is 9.51. The summed E-state index contributed by atoms with van der Waals surface area (Å²) in [6.45, 7) is 6.01. The molecule has 0 spiro atoms. The molecule has 2 unspecified atom stereocenters. The van der Waals surface area contributed by atoms with Crippen LogP contribution in [0.4, 0.5) is 0 Å². The topological polar surface area (TPSA) is 29.5 Å². The van der Waals surface area contributed by atoms with E-state index in [1.807, 2.05) is 6.92 Å². The fraction of sp³-hybridized carbons (Fsp3) is 0.533. The van der Waals surface area contributed by atoms with Crippen molar-refractivity contribution in [1.29, 1.82) is 0 Å². The number of carbonyl (C=O) groups excluding carboxylic acids is 1. The molecule has 1 aromatic rings. The number of ether oxygens (including phenoxy) is 1. The lowest BCUT2D eigenvalue weighted by atomic mass is 10.1. The van der Waals surface area contributed by atoms with Crippen LogP contribution >= 0.6 is 23.2 Å². The van der Waals surface area contributed by atoms with Gasteiger partial charge in [-0.1, -0.05) is 30.1 Å². The molecule has 2 atom stereocenters. The van der Waals surface area contributed by atoms with Gasteiger partial charge in [0.2, 0.25) is 0 Å². The molecule has 1 heterocycles. The Hall–Kier alpha value is -0.610. The molecule has 0 bridgehead atoms. The Morgan fingerprint density at radius 2 is 2.15 bits per heavy atom. The molecule has 1 aromatic carbocycles. The molecule has 3 nitrogen and oxygen atoms in total. The van der Waals surface area contributed by atoms with Crippen LogP contribution in [-0.4, -0.2) is 42.5 Å². The van der Waals surface area contributed by atoms with Crippen LogP contribution in [0, 0.1) is 0 Å². The van der Waals surface area contributed by atoms with Crippen LogP contribution in [-0.2, 0) is 4.74 Å². The molecule has 0 saturated carbocycles. The Kier molecular flexibility index (Phi) is 5.44. The molecule has 110 valence electrons. The van der Waals surface area contributed by atoms with Crippen LogP contribution in [0.2, 0.25) is 10.0 Å². The third-order valence-corrected chi connectivity index (χ3v) is 4.38. The van der Waals surface area contributed by atoms with Crippen LogP contribution in [0.5, 0.6) is 0 Å². The highest BCUT2D eigenvalue weighted by atomic mass is 35.5. The van der Waals surface area contributed by atoms with Gasteiger partial charge in [-0.2, -0.15) is 0 Å². The predicted molar refractivity (Wildman–Crippen MR) is 81.9 cm³/mol. The minimum atomic E-state index is 0.0658. The number of nitrogens with zero attached hydrogens (tertiary/aromatic N) is 1. The lowest BCUT2D eigenvalue weighted by Crippen LogP contribution is -2.50. The zero-order valence-electron chi connectivity index (χ0n) is 11.7. The summed E-state index contributed by atoms with van der Waals surface area (Å²) in [5.74, 6) is 0.0658. The van der Waals surface area contributed by atoms with E-state index in [2.05, 4.69) is 11.8 Å². The Labute approximate surface area is 129 Å². The van der Waals surface area contributed by atoms with E-state index in [1.165, 1.54) is 0 Å². The standard InChI is InChI=1S/C15H19Cl2NO2/c1-3-12-9-20-10(2)7-18(12)8-15(19)11-4-5-13(16)14(17)6-11/h4-6,10,12H,3,7-9H2,1-2H3. The van der Waals surface area contributed by atoms with Gasteiger partial charge in [-0.3, -0.25) is 9.69 Å². The van der Waals surface area contributed by atoms with Crippen LogP contribution in [0.15, 0.2) is 18.2 Å². The summed E-state index contributed by atoms with van der Waals surface area (Å²) < 4.78 is 5.64.